The molecular formula is C15H21N5. The van der Waals surface area contributed by atoms with Crippen molar-refractivity contribution in [2.75, 3.05) is 11.4 Å². The van der Waals surface area contributed by atoms with Crippen LogP contribution in [0.25, 0.3) is 0 Å². The lowest BCUT2D eigenvalue weighted by atomic mass is 10.2. The summed E-state index contributed by atoms with van der Waals surface area (Å²) in [6.07, 6.45) is 7.77. The smallest absolute Gasteiger partial charge is 0.128 e. The summed E-state index contributed by atoms with van der Waals surface area (Å²) in [6.45, 7) is 8.05. The van der Waals surface area contributed by atoms with Crippen LogP contribution < -0.4 is 10.2 Å². The molecule has 1 aliphatic heterocycles. The largest absolute Gasteiger partial charge is 0.361 e. The van der Waals surface area contributed by atoms with E-state index in [-0.39, 0.29) is 0 Å². The van der Waals surface area contributed by atoms with Gasteiger partial charge in [0.05, 0.1) is 18.4 Å². The predicted octanol–water partition coefficient (Wildman–Crippen LogP) is 1.80. The van der Waals surface area contributed by atoms with Crippen LogP contribution in [0.1, 0.15) is 25.2 Å². The molecule has 0 aromatic carbocycles. The standard InChI is InChI=1S/C15H21N5/c1-12(2)18-9-13-3-4-16-10-14(13)20-8-7-19-6-5-17-15(19)11-20/h3-6,10,12,18H,7-9,11H2,1-2H3. The predicted molar refractivity (Wildman–Crippen MR) is 79.5 cm³/mol. The van der Waals surface area contributed by atoms with Crippen molar-refractivity contribution < 1.29 is 0 Å². The summed E-state index contributed by atoms with van der Waals surface area (Å²) in [7, 11) is 0. The van der Waals surface area contributed by atoms with Crippen LogP contribution in [0.5, 0.6) is 0 Å². The maximum absolute atomic E-state index is 4.42. The third-order valence-electron chi connectivity index (χ3n) is 3.67. The maximum atomic E-state index is 4.42. The molecule has 20 heavy (non-hydrogen) atoms. The first-order valence-corrected chi connectivity index (χ1v) is 7.15. The molecule has 0 spiro atoms. The van der Waals surface area contributed by atoms with Gasteiger partial charge in [-0.15, -0.1) is 0 Å². The highest BCUT2D eigenvalue weighted by atomic mass is 15.2. The number of nitrogens with one attached hydrogen (secondary N) is 1. The number of anilines is 1. The van der Waals surface area contributed by atoms with E-state index in [2.05, 4.69) is 50.9 Å². The van der Waals surface area contributed by atoms with Gasteiger partial charge >= 0.3 is 0 Å². The summed E-state index contributed by atoms with van der Waals surface area (Å²) in [5, 5.41) is 3.48. The van der Waals surface area contributed by atoms with Crippen molar-refractivity contribution in [2.45, 2.75) is 39.5 Å². The lowest BCUT2D eigenvalue weighted by Gasteiger charge is -2.31. The van der Waals surface area contributed by atoms with Crippen LogP contribution in [0.2, 0.25) is 0 Å². The first-order chi connectivity index (χ1) is 9.74. The van der Waals surface area contributed by atoms with Crippen LogP contribution in [0, 0.1) is 0 Å². The molecule has 1 N–H and O–H groups in total. The van der Waals surface area contributed by atoms with Crippen LogP contribution >= 0.6 is 0 Å². The molecule has 0 radical (unpaired) electrons. The second-order valence-corrected chi connectivity index (χ2v) is 5.50. The van der Waals surface area contributed by atoms with Crippen LogP contribution in [0.4, 0.5) is 5.69 Å². The number of hydrogen-bond acceptors (Lipinski definition) is 4. The van der Waals surface area contributed by atoms with Crippen LogP contribution in [0.3, 0.4) is 0 Å². The number of fused-ring (bicyclic) bond motifs is 1. The minimum Gasteiger partial charge on any atom is -0.361 e. The van der Waals surface area contributed by atoms with Crippen molar-refractivity contribution in [1.82, 2.24) is 19.9 Å². The Hall–Kier alpha value is -1.88. The molecule has 0 amide bonds. The fourth-order valence-electron chi connectivity index (χ4n) is 2.54. The molecule has 5 nitrogen and oxygen atoms in total. The highest BCUT2D eigenvalue weighted by Gasteiger charge is 2.19. The van der Waals surface area contributed by atoms with E-state index in [0.29, 0.717) is 6.04 Å². The van der Waals surface area contributed by atoms with E-state index in [0.717, 1.165) is 32.0 Å². The van der Waals surface area contributed by atoms with Crippen molar-refractivity contribution in [3.63, 3.8) is 0 Å². The molecule has 106 valence electrons. The van der Waals surface area contributed by atoms with E-state index >= 15 is 0 Å². The number of aromatic nitrogens is 3. The molecule has 0 bridgehead atoms. The zero-order chi connectivity index (χ0) is 13.9. The molecule has 1 aliphatic rings. The van der Waals surface area contributed by atoms with Gasteiger partial charge in [0, 0.05) is 44.3 Å². The topological polar surface area (TPSA) is 46.0 Å². The second-order valence-electron chi connectivity index (χ2n) is 5.50. The summed E-state index contributed by atoms with van der Waals surface area (Å²) < 4.78 is 2.22. The first kappa shape index (κ1) is 13.1. The molecule has 0 aliphatic carbocycles. The first-order valence-electron chi connectivity index (χ1n) is 7.15. The zero-order valence-electron chi connectivity index (χ0n) is 12.1. The highest BCUT2D eigenvalue weighted by Crippen LogP contribution is 2.23. The molecule has 3 heterocycles. The normalized spacial score (nSPS) is 14.7. The summed E-state index contributed by atoms with van der Waals surface area (Å²) in [5.74, 6) is 1.13. The van der Waals surface area contributed by atoms with E-state index in [9.17, 15) is 0 Å². The van der Waals surface area contributed by atoms with Gasteiger partial charge in [-0.05, 0) is 11.6 Å². The Labute approximate surface area is 119 Å². The van der Waals surface area contributed by atoms with Crippen molar-refractivity contribution >= 4 is 5.69 Å². The monoisotopic (exact) mass is 271 g/mol. The van der Waals surface area contributed by atoms with Crippen molar-refractivity contribution in [2.24, 2.45) is 0 Å². The van der Waals surface area contributed by atoms with Gasteiger partial charge in [0.25, 0.3) is 0 Å². The molecular weight excluding hydrogens is 250 g/mol. The second kappa shape index (κ2) is 5.63. The highest BCUT2D eigenvalue weighted by molar-refractivity contribution is 5.52. The van der Waals surface area contributed by atoms with Crippen LogP contribution in [-0.4, -0.2) is 27.1 Å². The number of nitrogens with zero attached hydrogens (tertiary/aromatic N) is 4. The fourth-order valence-corrected chi connectivity index (χ4v) is 2.54. The van der Waals surface area contributed by atoms with Gasteiger partial charge in [0.15, 0.2) is 0 Å². The average molecular weight is 271 g/mol. The van der Waals surface area contributed by atoms with Crippen molar-refractivity contribution in [3.8, 4) is 0 Å². The number of rotatable bonds is 4. The van der Waals surface area contributed by atoms with E-state index in [4.69, 9.17) is 0 Å². The van der Waals surface area contributed by atoms with Gasteiger partial charge in [0.2, 0.25) is 0 Å². The Morgan fingerprint density at radius 1 is 1.30 bits per heavy atom. The minimum atomic E-state index is 0.483. The van der Waals surface area contributed by atoms with Gasteiger partial charge < -0.3 is 14.8 Å². The maximum Gasteiger partial charge on any atom is 0.128 e. The molecule has 3 rings (SSSR count). The molecule has 0 saturated carbocycles. The number of imidazole rings is 1. The van der Waals surface area contributed by atoms with Gasteiger partial charge in [-0.3, -0.25) is 4.98 Å². The third-order valence-corrected chi connectivity index (χ3v) is 3.67. The van der Waals surface area contributed by atoms with Gasteiger partial charge in [-0.25, -0.2) is 4.98 Å². The van der Waals surface area contributed by atoms with Crippen molar-refractivity contribution in [1.29, 1.82) is 0 Å². The van der Waals surface area contributed by atoms with Gasteiger partial charge in [0.1, 0.15) is 5.82 Å². The number of pyridine rings is 1. The Morgan fingerprint density at radius 2 is 2.20 bits per heavy atom. The molecule has 2 aromatic heterocycles. The summed E-state index contributed by atoms with van der Waals surface area (Å²) in [5.41, 5.74) is 2.52. The Morgan fingerprint density at radius 3 is 3.05 bits per heavy atom. The molecule has 2 aromatic rings. The molecule has 0 saturated heterocycles. The quantitative estimate of drug-likeness (QED) is 0.921. The zero-order valence-corrected chi connectivity index (χ0v) is 12.1. The minimum absolute atomic E-state index is 0.483. The molecule has 0 unspecified atom stereocenters. The average Bonchev–Trinajstić information content (AvgIpc) is 2.92. The van der Waals surface area contributed by atoms with E-state index < -0.39 is 0 Å². The van der Waals surface area contributed by atoms with Crippen molar-refractivity contribution in [3.05, 3.63) is 42.2 Å². The molecule has 0 fully saturated rings. The lowest BCUT2D eigenvalue weighted by Crippen LogP contribution is -2.35. The lowest BCUT2D eigenvalue weighted by molar-refractivity contribution is 0.552. The van der Waals surface area contributed by atoms with Gasteiger partial charge in [-0.1, -0.05) is 13.8 Å². The van der Waals surface area contributed by atoms with E-state index in [1.165, 1.54) is 11.3 Å². The third kappa shape index (κ3) is 2.67. The van der Waals surface area contributed by atoms with Gasteiger partial charge in [-0.2, -0.15) is 0 Å². The SMILES string of the molecule is CC(C)NCc1ccncc1N1CCn2ccnc2C1. The molecule has 5 heteroatoms. The summed E-state index contributed by atoms with van der Waals surface area (Å²) >= 11 is 0. The summed E-state index contributed by atoms with van der Waals surface area (Å²) in [6, 6.07) is 2.59. The Kier molecular flexibility index (Phi) is 3.69. The molecule has 0 atom stereocenters. The van der Waals surface area contributed by atoms with E-state index in [1.54, 1.807) is 0 Å². The van der Waals surface area contributed by atoms with Crippen LogP contribution in [-0.2, 0) is 19.6 Å². The van der Waals surface area contributed by atoms with Crippen LogP contribution in [0.15, 0.2) is 30.9 Å². The number of hydrogen-bond donors (Lipinski definition) is 1. The fraction of sp³-hybridized carbons (Fsp3) is 0.467. The Balaban J connectivity index is 1.80. The Bertz CT molecular complexity index is 575. The summed E-state index contributed by atoms with van der Waals surface area (Å²) in [4.78, 5) is 11.1. The van der Waals surface area contributed by atoms with E-state index in [1.807, 2.05) is 18.6 Å².